The zero-order valence-corrected chi connectivity index (χ0v) is 18.8. The SMILES string of the molecule is [2H]C([2H])([C@H](c1ccc(OC)c(OCC)c1)N1C(=O)c2cccc(NC(C)=O)c2C1=O)S(C)(=O)=O. The van der Waals surface area contributed by atoms with Gasteiger partial charge in [0.15, 0.2) is 11.5 Å². The van der Waals surface area contributed by atoms with Gasteiger partial charge in [-0.3, -0.25) is 19.3 Å². The molecular formula is C22H24N2O7S. The summed E-state index contributed by atoms with van der Waals surface area (Å²) in [6, 6.07) is 6.53. The van der Waals surface area contributed by atoms with Gasteiger partial charge in [0.2, 0.25) is 5.91 Å². The van der Waals surface area contributed by atoms with Crippen LogP contribution in [0.3, 0.4) is 0 Å². The van der Waals surface area contributed by atoms with E-state index in [1.807, 2.05) is 0 Å². The highest BCUT2D eigenvalue weighted by Gasteiger charge is 2.43. The lowest BCUT2D eigenvalue weighted by molar-refractivity contribution is -0.114. The molecule has 0 spiro atoms. The molecule has 0 aliphatic carbocycles. The highest BCUT2D eigenvalue weighted by atomic mass is 32.2. The Morgan fingerprint density at radius 2 is 1.91 bits per heavy atom. The predicted octanol–water partition coefficient (Wildman–Crippen LogP) is 2.43. The summed E-state index contributed by atoms with van der Waals surface area (Å²) < 4.78 is 52.7. The maximum Gasteiger partial charge on any atom is 0.264 e. The number of imide groups is 1. The summed E-state index contributed by atoms with van der Waals surface area (Å²) in [7, 11) is -3.04. The van der Waals surface area contributed by atoms with Crippen molar-refractivity contribution in [1.29, 1.82) is 0 Å². The minimum absolute atomic E-state index is 0.00950. The Kier molecular flexibility index (Phi) is 5.76. The molecule has 1 N–H and O–H groups in total. The van der Waals surface area contributed by atoms with Crippen LogP contribution in [-0.4, -0.2) is 56.7 Å². The average Bonchev–Trinajstić information content (AvgIpc) is 2.99. The monoisotopic (exact) mass is 462 g/mol. The number of hydrogen-bond donors (Lipinski definition) is 1. The van der Waals surface area contributed by atoms with E-state index in [4.69, 9.17) is 12.2 Å². The largest absolute Gasteiger partial charge is 0.493 e. The van der Waals surface area contributed by atoms with Crippen LogP contribution in [0.5, 0.6) is 11.5 Å². The molecule has 0 unspecified atom stereocenters. The number of fused-ring (bicyclic) bond motifs is 1. The van der Waals surface area contributed by atoms with E-state index in [1.165, 1.54) is 50.4 Å². The molecule has 170 valence electrons. The van der Waals surface area contributed by atoms with Gasteiger partial charge in [0.25, 0.3) is 11.8 Å². The van der Waals surface area contributed by atoms with E-state index in [2.05, 4.69) is 5.32 Å². The van der Waals surface area contributed by atoms with Gasteiger partial charge >= 0.3 is 0 Å². The smallest absolute Gasteiger partial charge is 0.264 e. The Hall–Kier alpha value is -3.40. The van der Waals surface area contributed by atoms with E-state index in [9.17, 15) is 22.8 Å². The second-order valence-electron chi connectivity index (χ2n) is 7.03. The molecule has 10 heteroatoms. The van der Waals surface area contributed by atoms with Crippen molar-refractivity contribution in [3.8, 4) is 11.5 Å². The fourth-order valence-electron chi connectivity index (χ4n) is 3.44. The van der Waals surface area contributed by atoms with Gasteiger partial charge in [0.1, 0.15) is 9.84 Å². The standard InChI is InChI=1S/C22H24N2O7S/c1-5-31-19-11-14(9-10-18(19)30-3)17(12-32(4,28)29)24-21(26)15-7-6-8-16(23-13(2)25)20(15)22(24)27/h6-11,17H,5,12H2,1-4H3,(H,23,25)/t17-/m1/s1/i12D2. The maximum atomic E-state index is 13.5. The van der Waals surface area contributed by atoms with Gasteiger partial charge in [0.05, 0.1) is 42.3 Å². The third-order valence-corrected chi connectivity index (χ3v) is 5.30. The summed E-state index contributed by atoms with van der Waals surface area (Å²) in [5, 5.41) is 2.48. The molecule has 1 aliphatic rings. The first-order chi connectivity index (χ1) is 15.8. The van der Waals surface area contributed by atoms with Crippen molar-refractivity contribution in [2.75, 3.05) is 31.0 Å². The quantitative estimate of drug-likeness (QED) is 0.599. The van der Waals surface area contributed by atoms with E-state index >= 15 is 0 Å². The summed E-state index contributed by atoms with van der Waals surface area (Å²) in [4.78, 5) is 39.0. The Labute approximate surface area is 189 Å². The second-order valence-corrected chi connectivity index (χ2v) is 8.81. The number of rotatable bonds is 8. The number of carbonyl (C=O) groups is 3. The molecule has 3 rings (SSSR count). The van der Waals surface area contributed by atoms with Crippen LogP contribution in [0.2, 0.25) is 0 Å². The number of sulfone groups is 1. The van der Waals surface area contributed by atoms with Gasteiger partial charge in [-0.25, -0.2) is 8.42 Å². The molecule has 9 nitrogen and oxygen atoms in total. The second kappa shape index (κ2) is 8.99. The number of benzene rings is 2. The van der Waals surface area contributed by atoms with E-state index < -0.39 is 39.3 Å². The van der Waals surface area contributed by atoms with E-state index in [0.29, 0.717) is 16.9 Å². The normalized spacial score (nSPS) is 15.6. The Morgan fingerprint density at radius 1 is 1.19 bits per heavy atom. The van der Waals surface area contributed by atoms with Crippen LogP contribution in [0, 0.1) is 0 Å². The van der Waals surface area contributed by atoms with Crippen LogP contribution in [0.15, 0.2) is 36.4 Å². The van der Waals surface area contributed by atoms with Crippen molar-refractivity contribution in [1.82, 2.24) is 4.90 Å². The molecule has 1 atom stereocenters. The molecule has 0 aromatic heterocycles. The third kappa shape index (κ3) is 4.59. The van der Waals surface area contributed by atoms with E-state index in [0.717, 1.165) is 0 Å². The molecule has 1 heterocycles. The number of anilines is 1. The number of nitrogens with zero attached hydrogens (tertiary/aromatic N) is 1. The fourth-order valence-corrected chi connectivity index (χ4v) is 4.08. The van der Waals surface area contributed by atoms with Crippen molar-refractivity contribution < 1.29 is 35.0 Å². The zero-order chi connectivity index (χ0) is 25.4. The molecule has 2 aromatic rings. The number of ether oxygens (including phenoxy) is 2. The van der Waals surface area contributed by atoms with Crippen molar-refractivity contribution in [3.05, 3.63) is 53.1 Å². The topological polar surface area (TPSA) is 119 Å². The number of hydrogen-bond acceptors (Lipinski definition) is 7. The lowest BCUT2D eigenvalue weighted by Crippen LogP contribution is -2.37. The number of carbonyl (C=O) groups excluding carboxylic acids is 3. The average molecular weight is 463 g/mol. The van der Waals surface area contributed by atoms with Crippen LogP contribution in [0.1, 0.15) is 48.9 Å². The van der Waals surface area contributed by atoms with Gasteiger partial charge in [0, 0.05) is 15.9 Å². The van der Waals surface area contributed by atoms with Crippen LogP contribution in [0.4, 0.5) is 5.69 Å². The van der Waals surface area contributed by atoms with Crippen molar-refractivity contribution >= 4 is 33.2 Å². The van der Waals surface area contributed by atoms with Gasteiger partial charge in [-0.15, -0.1) is 0 Å². The van der Waals surface area contributed by atoms with E-state index in [-0.39, 0.29) is 34.7 Å². The van der Waals surface area contributed by atoms with Crippen LogP contribution >= 0.6 is 0 Å². The highest BCUT2D eigenvalue weighted by Crippen LogP contribution is 2.38. The van der Waals surface area contributed by atoms with Gasteiger partial charge in [-0.05, 0) is 36.8 Å². The Morgan fingerprint density at radius 3 is 2.50 bits per heavy atom. The molecule has 0 bridgehead atoms. The van der Waals surface area contributed by atoms with E-state index in [1.54, 1.807) is 6.92 Å². The summed E-state index contributed by atoms with van der Waals surface area (Å²) in [5.41, 5.74) is -3.21. The molecule has 0 saturated carbocycles. The number of amides is 3. The molecule has 0 fully saturated rings. The first-order valence-corrected chi connectivity index (χ1v) is 11.5. The lowest BCUT2D eigenvalue weighted by atomic mass is 10.1. The fraction of sp³-hybridized carbons (Fsp3) is 0.318. The van der Waals surface area contributed by atoms with Crippen molar-refractivity contribution in [2.24, 2.45) is 0 Å². The highest BCUT2D eigenvalue weighted by molar-refractivity contribution is 7.90. The maximum absolute atomic E-state index is 13.5. The summed E-state index contributed by atoms with van der Waals surface area (Å²) in [6.07, 6.45) is 0.688. The number of methoxy groups -OCH3 is 1. The lowest BCUT2D eigenvalue weighted by Gasteiger charge is -2.27. The van der Waals surface area contributed by atoms with Crippen molar-refractivity contribution in [2.45, 2.75) is 19.9 Å². The molecular weight excluding hydrogens is 436 g/mol. The molecule has 1 aliphatic heterocycles. The molecule has 2 aromatic carbocycles. The molecule has 0 saturated heterocycles. The Bertz CT molecular complexity index is 1280. The van der Waals surface area contributed by atoms with Crippen LogP contribution in [0.25, 0.3) is 0 Å². The molecule has 3 amide bonds. The van der Waals surface area contributed by atoms with Crippen LogP contribution < -0.4 is 14.8 Å². The van der Waals surface area contributed by atoms with Gasteiger partial charge in [-0.2, -0.15) is 0 Å². The first-order valence-electron chi connectivity index (χ1n) is 10.6. The van der Waals surface area contributed by atoms with Gasteiger partial charge in [-0.1, -0.05) is 12.1 Å². The molecule has 0 radical (unpaired) electrons. The van der Waals surface area contributed by atoms with Crippen molar-refractivity contribution in [3.63, 3.8) is 0 Å². The van der Waals surface area contributed by atoms with Gasteiger partial charge < -0.3 is 14.8 Å². The zero-order valence-electron chi connectivity index (χ0n) is 20.0. The Balaban J connectivity index is 2.25. The molecule has 32 heavy (non-hydrogen) atoms. The van der Waals surface area contributed by atoms with Crippen LogP contribution in [-0.2, 0) is 14.6 Å². The minimum Gasteiger partial charge on any atom is -0.493 e. The summed E-state index contributed by atoms with van der Waals surface area (Å²) in [6.45, 7) is 3.18. The summed E-state index contributed by atoms with van der Waals surface area (Å²) >= 11 is 0. The predicted molar refractivity (Wildman–Crippen MR) is 118 cm³/mol. The number of nitrogens with one attached hydrogen (secondary N) is 1. The summed E-state index contributed by atoms with van der Waals surface area (Å²) in [5.74, 6) is -1.81. The first kappa shape index (κ1) is 20.5. The third-order valence-electron chi connectivity index (χ3n) is 4.64. The minimum atomic E-state index is -4.45.